The Hall–Kier alpha value is -0.790. The standard InChI is InChI=1S/C9H18.C6H12O2/c1-3-5-7-9-8-6-4-2;1-3-4-5-6(7)8-2/h7,9H,3-6,8H2,1-2H3;3-5H2,1-2H3. The molecule has 0 saturated heterocycles. The Bertz CT molecular complexity index is 174. The average molecular weight is 242 g/mol. The zero-order valence-corrected chi connectivity index (χ0v) is 12.1. The van der Waals surface area contributed by atoms with E-state index in [4.69, 9.17) is 0 Å². The van der Waals surface area contributed by atoms with Crippen molar-refractivity contribution in [1.82, 2.24) is 0 Å². The first-order valence-corrected chi connectivity index (χ1v) is 6.94. The number of allylic oxidation sites excluding steroid dienone is 2. The van der Waals surface area contributed by atoms with E-state index in [9.17, 15) is 4.79 Å². The lowest BCUT2D eigenvalue weighted by molar-refractivity contribution is -0.140. The number of hydrogen-bond acceptors (Lipinski definition) is 2. The van der Waals surface area contributed by atoms with Gasteiger partial charge in [-0.25, -0.2) is 0 Å². The molecule has 0 saturated carbocycles. The minimum atomic E-state index is -0.105. The molecular weight excluding hydrogens is 212 g/mol. The molecule has 2 nitrogen and oxygen atoms in total. The summed E-state index contributed by atoms with van der Waals surface area (Å²) in [6.07, 6.45) is 13.6. The number of esters is 1. The number of unbranched alkanes of at least 4 members (excludes halogenated alkanes) is 4. The predicted molar refractivity (Wildman–Crippen MR) is 75.1 cm³/mol. The zero-order valence-electron chi connectivity index (χ0n) is 12.1. The number of carbonyl (C=O) groups excluding carboxylic acids is 1. The summed E-state index contributed by atoms with van der Waals surface area (Å²) >= 11 is 0. The monoisotopic (exact) mass is 242 g/mol. The normalized spacial score (nSPS) is 9.88. The van der Waals surface area contributed by atoms with Crippen LogP contribution in [0.25, 0.3) is 0 Å². The average Bonchev–Trinajstić information content (AvgIpc) is 2.36. The lowest BCUT2D eigenvalue weighted by Gasteiger charge is -1.93. The third-order valence-corrected chi connectivity index (χ3v) is 2.31. The molecule has 0 spiro atoms. The van der Waals surface area contributed by atoms with Crippen molar-refractivity contribution in [3.63, 3.8) is 0 Å². The first-order valence-electron chi connectivity index (χ1n) is 6.94. The molecule has 0 unspecified atom stereocenters. The SMILES string of the molecule is CCCC=CCCCC.CCCCC(=O)OC. The van der Waals surface area contributed by atoms with Gasteiger partial charge in [-0.2, -0.15) is 0 Å². The molecule has 0 heterocycles. The molecule has 0 aromatic heterocycles. The van der Waals surface area contributed by atoms with Crippen LogP contribution in [0.4, 0.5) is 0 Å². The minimum Gasteiger partial charge on any atom is -0.469 e. The van der Waals surface area contributed by atoms with Gasteiger partial charge in [0.05, 0.1) is 7.11 Å². The summed E-state index contributed by atoms with van der Waals surface area (Å²) in [4.78, 5) is 10.3. The van der Waals surface area contributed by atoms with Crippen molar-refractivity contribution in [2.24, 2.45) is 0 Å². The third kappa shape index (κ3) is 21.1. The molecule has 0 bridgehead atoms. The summed E-state index contributed by atoms with van der Waals surface area (Å²) in [6.45, 7) is 6.49. The molecule has 0 aliphatic carbocycles. The van der Waals surface area contributed by atoms with Crippen LogP contribution in [0, 0.1) is 0 Å². The largest absolute Gasteiger partial charge is 0.469 e. The molecule has 0 aromatic rings. The Morgan fingerprint density at radius 2 is 1.53 bits per heavy atom. The molecule has 0 amide bonds. The summed E-state index contributed by atoms with van der Waals surface area (Å²) in [5, 5.41) is 0. The van der Waals surface area contributed by atoms with Gasteiger partial charge in [-0.3, -0.25) is 4.79 Å². The van der Waals surface area contributed by atoms with Crippen molar-refractivity contribution >= 4 is 5.97 Å². The Morgan fingerprint density at radius 3 is 2.00 bits per heavy atom. The molecule has 102 valence electrons. The van der Waals surface area contributed by atoms with Crippen LogP contribution in [0.2, 0.25) is 0 Å². The summed E-state index contributed by atoms with van der Waals surface area (Å²) in [7, 11) is 1.41. The highest BCUT2D eigenvalue weighted by molar-refractivity contribution is 5.68. The van der Waals surface area contributed by atoms with E-state index in [0.717, 1.165) is 12.8 Å². The quantitative estimate of drug-likeness (QED) is 0.344. The first kappa shape index (κ1) is 18.6. The van der Waals surface area contributed by atoms with Crippen molar-refractivity contribution in [2.75, 3.05) is 7.11 Å². The van der Waals surface area contributed by atoms with Gasteiger partial charge in [-0.05, 0) is 19.3 Å². The van der Waals surface area contributed by atoms with E-state index in [1.54, 1.807) is 0 Å². The maximum absolute atomic E-state index is 10.3. The van der Waals surface area contributed by atoms with Crippen LogP contribution < -0.4 is 0 Å². The highest BCUT2D eigenvalue weighted by atomic mass is 16.5. The van der Waals surface area contributed by atoms with Gasteiger partial charge in [0, 0.05) is 6.42 Å². The van der Waals surface area contributed by atoms with Crippen LogP contribution in [-0.2, 0) is 9.53 Å². The molecule has 17 heavy (non-hydrogen) atoms. The predicted octanol–water partition coefficient (Wildman–Crippen LogP) is 4.88. The maximum atomic E-state index is 10.3. The topological polar surface area (TPSA) is 26.3 Å². The van der Waals surface area contributed by atoms with Crippen molar-refractivity contribution in [3.05, 3.63) is 12.2 Å². The Labute approximate surface area is 107 Å². The van der Waals surface area contributed by atoms with Crippen LogP contribution in [0.1, 0.15) is 72.1 Å². The van der Waals surface area contributed by atoms with Crippen molar-refractivity contribution in [2.45, 2.75) is 72.1 Å². The van der Waals surface area contributed by atoms with Crippen LogP contribution in [0.3, 0.4) is 0 Å². The Balaban J connectivity index is 0. The van der Waals surface area contributed by atoms with Crippen LogP contribution in [0.5, 0.6) is 0 Å². The lowest BCUT2D eigenvalue weighted by Crippen LogP contribution is -1.98. The number of methoxy groups -OCH3 is 1. The van der Waals surface area contributed by atoms with Crippen LogP contribution >= 0.6 is 0 Å². The molecule has 0 fully saturated rings. The lowest BCUT2D eigenvalue weighted by atomic mass is 10.2. The smallest absolute Gasteiger partial charge is 0.305 e. The van der Waals surface area contributed by atoms with Gasteiger partial charge in [0.25, 0.3) is 0 Å². The van der Waals surface area contributed by atoms with E-state index in [2.05, 4.69) is 30.7 Å². The van der Waals surface area contributed by atoms with E-state index in [-0.39, 0.29) is 5.97 Å². The molecule has 0 aromatic carbocycles. The zero-order chi connectivity index (χ0) is 13.4. The fraction of sp³-hybridized carbons (Fsp3) is 0.800. The Kier molecular flexibility index (Phi) is 19.2. The molecule has 0 rings (SSSR count). The molecule has 0 atom stereocenters. The van der Waals surface area contributed by atoms with Gasteiger partial charge in [0.2, 0.25) is 0 Å². The maximum Gasteiger partial charge on any atom is 0.305 e. The van der Waals surface area contributed by atoms with Gasteiger partial charge in [-0.15, -0.1) is 0 Å². The van der Waals surface area contributed by atoms with Crippen LogP contribution in [-0.4, -0.2) is 13.1 Å². The minimum absolute atomic E-state index is 0.105. The number of rotatable bonds is 8. The summed E-state index contributed by atoms with van der Waals surface area (Å²) in [6, 6.07) is 0. The molecule has 0 aliphatic heterocycles. The fourth-order valence-electron chi connectivity index (χ4n) is 1.15. The molecule has 2 heteroatoms. The van der Waals surface area contributed by atoms with Gasteiger partial charge in [0.1, 0.15) is 0 Å². The van der Waals surface area contributed by atoms with E-state index in [1.165, 1.54) is 39.2 Å². The van der Waals surface area contributed by atoms with Crippen LogP contribution in [0.15, 0.2) is 12.2 Å². The van der Waals surface area contributed by atoms with Gasteiger partial charge >= 0.3 is 5.97 Å². The van der Waals surface area contributed by atoms with Gasteiger partial charge in [0.15, 0.2) is 0 Å². The fourth-order valence-corrected chi connectivity index (χ4v) is 1.15. The highest BCUT2D eigenvalue weighted by Crippen LogP contribution is 1.97. The van der Waals surface area contributed by atoms with E-state index >= 15 is 0 Å². The second-order valence-electron chi connectivity index (χ2n) is 4.08. The molecule has 0 radical (unpaired) electrons. The molecule has 0 aliphatic rings. The summed E-state index contributed by atoms with van der Waals surface area (Å²) < 4.78 is 4.41. The van der Waals surface area contributed by atoms with Gasteiger partial charge in [-0.1, -0.05) is 58.6 Å². The number of carbonyl (C=O) groups is 1. The third-order valence-electron chi connectivity index (χ3n) is 2.31. The first-order chi connectivity index (χ1) is 8.22. The van der Waals surface area contributed by atoms with Crippen molar-refractivity contribution in [1.29, 1.82) is 0 Å². The summed E-state index contributed by atoms with van der Waals surface area (Å²) in [5.74, 6) is -0.105. The van der Waals surface area contributed by atoms with E-state index in [1.807, 2.05) is 6.92 Å². The Morgan fingerprint density at radius 1 is 0.941 bits per heavy atom. The highest BCUT2D eigenvalue weighted by Gasteiger charge is 1.95. The number of ether oxygens (including phenoxy) is 1. The van der Waals surface area contributed by atoms with E-state index in [0.29, 0.717) is 6.42 Å². The molecular formula is C15H30O2. The summed E-state index contributed by atoms with van der Waals surface area (Å²) in [5.41, 5.74) is 0. The molecule has 0 N–H and O–H groups in total. The van der Waals surface area contributed by atoms with Crippen molar-refractivity contribution in [3.8, 4) is 0 Å². The second-order valence-corrected chi connectivity index (χ2v) is 4.08. The van der Waals surface area contributed by atoms with Crippen molar-refractivity contribution < 1.29 is 9.53 Å². The van der Waals surface area contributed by atoms with E-state index < -0.39 is 0 Å². The number of hydrogen-bond donors (Lipinski definition) is 0. The second kappa shape index (κ2) is 17.6. The van der Waals surface area contributed by atoms with Gasteiger partial charge < -0.3 is 4.74 Å².